The summed E-state index contributed by atoms with van der Waals surface area (Å²) in [6.45, 7) is 6.14. The SMILES string of the molecule is Cc1nc(CC(N)C2(C)CC2)oc1C. The topological polar surface area (TPSA) is 52.0 Å². The lowest BCUT2D eigenvalue weighted by atomic mass is 9.97. The van der Waals surface area contributed by atoms with E-state index in [0.717, 1.165) is 23.8 Å². The molecular formula is C11H18N2O. The summed E-state index contributed by atoms with van der Waals surface area (Å²) < 4.78 is 5.52. The minimum absolute atomic E-state index is 0.194. The molecule has 1 aliphatic carbocycles. The number of aryl methyl sites for hydroxylation is 2. The Balaban J connectivity index is 2.03. The molecule has 1 saturated carbocycles. The zero-order valence-electron chi connectivity index (χ0n) is 9.13. The van der Waals surface area contributed by atoms with E-state index in [0.29, 0.717) is 5.41 Å². The average Bonchev–Trinajstić information content (AvgIpc) is 2.77. The summed E-state index contributed by atoms with van der Waals surface area (Å²) in [6, 6.07) is 0.194. The Morgan fingerprint density at radius 1 is 1.50 bits per heavy atom. The summed E-state index contributed by atoms with van der Waals surface area (Å²) in [6.07, 6.45) is 3.25. The van der Waals surface area contributed by atoms with Crippen molar-refractivity contribution in [1.29, 1.82) is 0 Å². The lowest BCUT2D eigenvalue weighted by Gasteiger charge is -2.16. The van der Waals surface area contributed by atoms with Crippen LogP contribution in [0.4, 0.5) is 0 Å². The van der Waals surface area contributed by atoms with Gasteiger partial charge in [0.15, 0.2) is 5.89 Å². The van der Waals surface area contributed by atoms with Gasteiger partial charge < -0.3 is 10.2 Å². The standard InChI is InChI=1S/C11H18N2O/c1-7-8(2)14-10(13-7)6-9(12)11(3)4-5-11/h9H,4-6,12H2,1-3H3. The first-order valence-electron chi connectivity index (χ1n) is 5.20. The van der Waals surface area contributed by atoms with Crippen molar-refractivity contribution >= 4 is 0 Å². The molecule has 2 rings (SSSR count). The highest BCUT2D eigenvalue weighted by Crippen LogP contribution is 2.48. The van der Waals surface area contributed by atoms with Gasteiger partial charge in [-0.3, -0.25) is 0 Å². The third-order valence-electron chi connectivity index (χ3n) is 3.40. The van der Waals surface area contributed by atoms with Gasteiger partial charge in [-0.15, -0.1) is 0 Å². The predicted molar refractivity (Wildman–Crippen MR) is 55.0 cm³/mol. The first kappa shape index (κ1) is 9.71. The molecular weight excluding hydrogens is 176 g/mol. The van der Waals surface area contributed by atoms with Crippen LogP contribution in [-0.4, -0.2) is 11.0 Å². The molecule has 3 nitrogen and oxygen atoms in total. The molecule has 14 heavy (non-hydrogen) atoms. The zero-order chi connectivity index (χ0) is 10.3. The minimum atomic E-state index is 0.194. The van der Waals surface area contributed by atoms with Crippen molar-refractivity contribution in [3.63, 3.8) is 0 Å². The van der Waals surface area contributed by atoms with Crippen molar-refractivity contribution in [3.8, 4) is 0 Å². The van der Waals surface area contributed by atoms with Gasteiger partial charge in [-0.25, -0.2) is 4.98 Å². The predicted octanol–water partition coefficient (Wildman–Crippen LogP) is 1.96. The molecule has 1 aromatic rings. The number of hydrogen-bond donors (Lipinski definition) is 1. The normalized spacial score (nSPS) is 20.9. The first-order valence-corrected chi connectivity index (χ1v) is 5.20. The van der Waals surface area contributed by atoms with E-state index < -0.39 is 0 Å². The zero-order valence-corrected chi connectivity index (χ0v) is 9.13. The number of rotatable bonds is 3. The molecule has 78 valence electrons. The van der Waals surface area contributed by atoms with E-state index in [-0.39, 0.29) is 6.04 Å². The molecule has 0 amide bonds. The van der Waals surface area contributed by atoms with Crippen LogP contribution in [0.5, 0.6) is 0 Å². The lowest BCUT2D eigenvalue weighted by Crippen LogP contribution is -2.31. The molecule has 0 radical (unpaired) electrons. The molecule has 1 fully saturated rings. The maximum absolute atomic E-state index is 6.10. The third kappa shape index (κ3) is 1.69. The Morgan fingerprint density at radius 3 is 2.57 bits per heavy atom. The van der Waals surface area contributed by atoms with E-state index in [4.69, 9.17) is 10.2 Å². The van der Waals surface area contributed by atoms with E-state index in [9.17, 15) is 0 Å². The summed E-state index contributed by atoms with van der Waals surface area (Å²) in [5.41, 5.74) is 7.43. The van der Waals surface area contributed by atoms with Crippen molar-refractivity contribution in [2.45, 2.75) is 46.1 Å². The molecule has 0 aliphatic heterocycles. The molecule has 0 bridgehead atoms. The van der Waals surface area contributed by atoms with Gasteiger partial charge >= 0.3 is 0 Å². The fourth-order valence-corrected chi connectivity index (χ4v) is 1.63. The molecule has 1 unspecified atom stereocenters. The van der Waals surface area contributed by atoms with Crippen LogP contribution in [0.3, 0.4) is 0 Å². The van der Waals surface area contributed by atoms with Crippen molar-refractivity contribution in [3.05, 3.63) is 17.3 Å². The Bertz CT molecular complexity index is 320. The van der Waals surface area contributed by atoms with Crippen molar-refractivity contribution in [1.82, 2.24) is 4.98 Å². The van der Waals surface area contributed by atoms with Crippen LogP contribution in [-0.2, 0) is 6.42 Å². The second-order valence-electron chi connectivity index (χ2n) is 4.71. The highest BCUT2D eigenvalue weighted by Gasteiger charge is 2.43. The summed E-state index contributed by atoms with van der Waals surface area (Å²) in [5.74, 6) is 1.70. The second-order valence-corrected chi connectivity index (χ2v) is 4.71. The molecule has 1 heterocycles. The monoisotopic (exact) mass is 194 g/mol. The van der Waals surface area contributed by atoms with E-state index in [1.54, 1.807) is 0 Å². The number of hydrogen-bond acceptors (Lipinski definition) is 3. The molecule has 1 atom stereocenters. The Morgan fingerprint density at radius 2 is 2.14 bits per heavy atom. The van der Waals surface area contributed by atoms with Gasteiger partial charge in [0.05, 0.1) is 5.69 Å². The molecule has 0 spiro atoms. The fraction of sp³-hybridized carbons (Fsp3) is 0.727. The summed E-state index contributed by atoms with van der Waals surface area (Å²) in [4.78, 5) is 4.34. The number of nitrogens with zero attached hydrogens (tertiary/aromatic N) is 1. The average molecular weight is 194 g/mol. The Labute approximate surface area is 84.7 Å². The van der Waals surface area contributed by atoms with Crippen LogP contribution >= 0.6 is 0 Å². The van der Waals surface area contributed by atoms with E-state index in [1.165, 1.54) is 12.8 Å². The third-order valence-corrected chi connectivity index (χ3v) is 3.40. The number of nitrogens with two attached hydrogens (primary N) is 1. The van der Waals surface area contributed by atoms with Crippen LogP contribution in [0.15, 0.2) is 4.42 Å². The maximum Gasteiger partial charge on any atom is 0.196 e. The quantitative estimate of drug-likeness (QED) is 0.800. The van der Waals surface area contributed by atoms with Crippen LogP contribution in [0.2, 0.25) is 0 Å². The van der Waals surface area contributed by atoms with E-state index in [2.05, 4.69) is 11.9 Å². The van der Waals surface area contributed by atoms with Crippen LogP contribution in [0.25, 0.3) is 0 Å². The van der Waals surface area contributed by atoms with Gasteiger partial charge in [-0.2, -0.15) is 0 Å². The summed E-state index contributed by atoms with van der Waals surface area (Å²) in [5, 5.41) is 0. The molecule has 1 aromatic heterocycles. The van der Waals surface area contributed by atoms with Crippen molar-refractivity contribution in [2.75, 3.05) is 0 Å². The number of oxazole rings is 1. The summed E-state index contributed by atoms with van der Waals surface area (Å²) in [7, 11) is 0. The van der Waals surface area contributed by atoms with Crippen LogP contribution in [0, 0.1) is 19.3 Å². The minimum Gasteiger partial charge on any atom is -0.446 e. The van der Waals surface area contributed by atoms with E-state index in [1.807, 2.05) is 13.8 Å². The van der Waals surface area contributed by atoms with Crippen molar-refractivity contribution in [2.24, 2.45) is 11.1 Å². The molecule has 0 aromatic carbocycles. The smallest absolute Gasteiger partial charge is 0.196 e. The molecule has 2 N–H and O–H groups in total. The highest BCUT2D eigenvalue weighted by atomic mass is 16.4. The van der Waals surface area contributed by atoms with E-state index >= 15 is 0 Å². The van der Waals surface area contributed by atoms with Gasteiger partial charge in [0.1, 0.15) is 5.76 Å². The molecule has 3 heteroatoms. The van der Waals surface area contributed by atoms with Crippen LogP contribution in [0.1, 0.15) is 37.1 Å². The van der Waals surface area contributed by atoms with Gasteiger partial charge in [-0.05, 0) is 32.1 Å². The Hall–Kier alpha value is -0.830. The fourth-order valence-electron chi connectivity index (χ4n) is 1.63. The Kier molecular flexibility index (Phi) is 2.14. The number of aromatic nitrogens is 1. The van der Waals surface area contributed by atoms with Gasteiger partial charge in [-0.1, -0.05) is 6.92 Å². The van der Waals surface area contributed by atoms with Gasteiger partial charge in [0.25, 0.3) is 0 Å². The van der Waals surface area contributed by atoms with Gasteiger partial charge in [0.2, 0.25) is 0 Å². The highest BCUT2D eigenvalue weighted by molar-refractivity contribution is 5.08. The lowest BCUT2D eigenvalue weighted by molar-refractivity contribution is 0.381. The first-order chi connectivity index (χ1) is 6.51. The van der Waals surface area contributed by atoms with Gasteiger partial charge in [0, 0.05) is 12.5 Å². The summed E-state index contributed by atoms with van der Waals surface area (Å²) >= 11 is 0. The van der Waals surface area contributed by atoms with Crippen LogP contribution < -0.4 is 5.73 Å². The van der Waals surface area contributed by atoms with Crippen molar-refractivity contribution < 1.29 is 4.42 Å². The largest absolute Gasteiger partial charge is 0.446 e. The maximum atomic E-state index is 6.10. The molecule has 1 aliphatic rings. The molecule has 0 saturated heterocycles. The second kappa shape index (κ2) is 3.09.